The standard InChI is InChI=1S/C13H17N3O2S/c1-16(8-9-2-3-9)19(17,18)13-7-15-12-6-10(14)4-5-11(12)13/h4-7,9,15H,2-3,8,14H2,1H3. The van der Waals surface area contributed by atoms with Crippen molar-refractivity contribution in [1.29, 1.82) is 0 Å². The molecule has 0 aliphatic heterocycles. The van der Waals surface area contributed by atoms with Gasteiger partial charge in [-0.2, -0.15) is 0 Å². The molecule has 0 saturated heterocycles. The van der Waals surface area contributed by atoms with Gasteiger partial charge in [0.15, 0.2) is 0 Å². The molecule has 0 atom stereocenters. The zero-order chi connectivity index (χ0) is 13.6. The quantitative estimate of drug-likeness (QED) is 0.837. The average molecular weight is 279 g/mol. The molecule has 2 aromatic rings. The molecule has 19 heavy (non-hydrogen) atoms. The van der Waals surface area contributed by atoms with Crippen LogP contribution in [0.15, 0.2) is 29.3 Å². The highest BCUT2D eigenvalue weighted by Crippen LogP contribution is 2.32. The predicted octanol–water partition coefficient (Wildman–Crippen LogP) is 1.78. The minimum absolute atomic E-state index is 0.325. The summed E-state index contributed by atoms with van der Waals surface area (Å²) in [5.41, 5.74) is 7.06. The maximum absolute atomic E-state index is 12.5. The Morgan fingerprint density at radius 3 is 2.84 bits per heavy atom. The van der Waals surface area contributed by atoms with E-state index in [9.17, 15) is 8.42 Å². The number of nitrogens with zero attached hydrogens (tertiary/aromatic N) is 1. The molecule has 1 aliphatic carbocycles. The molecule has 1 saturated carbocycles. The molecule has 0 amide bonds. The number of fused-ring (bicyclic) bond motifs is 1. The van der Waals surface area contributed by atoms with Crippen LogP contribution in [0.2, 0.25) is 0 Å². The van der Waals surface area contributed by atoms with Crippen molar-refractivity contribution in [2.45, 2.75) is 17.7 Å². The van der Waals surface area contributed by atoms with Gasteiger partial charge >= 0.3 is 0 Å². The van der Waals surface area contributed by atoms with E-state index in [-0.39, 0.29) is 0 Å². The molecule has 1 aromatic carbocycles. The first-order chi connectivity index (χ1) is 8.98. The lowest BCUT2D eigenvalue weighted by Gasteiger charge is -2.16. The van der Waals surface area contributed by atoms with E-state index in [0.29, 0.717) is 28.4 Å². The number of benzene rings is 1. The van der Waals surface area contributed by atoms with E-state index in [4.69, 9.17) is 5.73 Å². The number of hydrogen-bond acceptors (Lipinski definition) is 3. The van der Waals surface area contributed by atoms with Gasteiger partial charge in [-0.15, -0.1) is 0 Å². The van der Waals surface area contributed by atoms with E-state index in [2.05, 4.69) is 4.98 Å². The van der Waals surface area contributed by atoms with Gasteiger partial charge in [-0.3, -0.25) is 0 Å². The molecule has 3 rings (SSSR count). The fourth-order valence-corrected chi connectivity index (χ4v) is 3.67. The monoisotopic (exact) mass is 279 g/mol. The molecule has 102 valence electrons. The Bertz CT molecular complexity index is 717. The van der Waals surface area contributed by atoms with Crippen LogP contribution in [-0.4, -0.2) is 31.3 Å². The van der Waals surface area contributed by atoms with Crippen LogP contribution >= 0.6 is 0 Å². The lowest BCUT2D eigenvalue weighted by Crippen LogP contribution is -2.28. The Kier molecular flexibility index (Phi) is 2.79. The number of aromatic nitrogens is 1. The Labute approximate surface area is 112 Å². The topological polar surface area (TPSA) is 79.2 Å². The first kappa shape index (κ1) is 12.5. The van der Waals surface area contributed by atoms with Gasteiger partial charge in [0.25, 0.3) is 0 Å². The molecule has 0 spiro atoms. The number of aromatic amines is 1. The molecule has 1 aromatic heterocycles. The molecule has 0 bridgehead atoms. The minimum Gasteiger partial charge on any atom is -0.399 e. The first-order valence-electron chi connectivity index (χ1n) is 6.31. The predicted molar refractivity (Wildman–Crippen MR) is 75.3 cm³/mol. The van der Waals surface area contributed by atoms with E-state index < -0.39 is 10.0 Å². The third kappa shape index (κ3) is 2.21. The largest absolute Gasteiger partial charge is 0.399 e. The van der Waals surface area contributed by atoms with Crippen molar-refractivity contribution in [3.05, 3.63) is 24.4 Å². The molecular formula is C13H17N3O2S. The molecule has 6 heteroatoms. The summed E-state index contributed by atoms with van der Waals surface area (Å²) in [6.07, 6.45) is 3.80. The van der Waals surface area contributed by atoms with Crippen LogP contribution in [0.25, 0.3) is 10.9 Å². The van der Waals surface area contributed by atoms with Crippen molar-refractivity contribution in [3.63, 3.8) is 0 Å². The molecule has 5 nitrogen and oxygen atoms in total. The highest BCUT2D eigenvalue weighted by Gasteiger charge is 2.30. The van der Waals surface area contributed by atoms with Gasteiger partial charge < -0.3 is 10.7 Å². The number of anilines is 1. The second kappa shape index (κ2) is 4.25. The number of rotatable bonds is 4. The normalized spacial score (nSPS) is 16.3. The molecule has 0 radical (unpaired) electrons. The summed E-state index contributed by atoms with van der Waals surface area (Å²) in [6, 6.07) is 5.21. The van der Waals surface area contributed by atoms with Crippen molar-refractivity contribution in [3.8, 4) is 0 Å². The number of nitrogens with one attached hydrogen (secondary N) is 1. The molecule has 1 heterocycles. The summed E-state index contributed by atoms with van der Waals surface area (Å²) in [5, 5.41) is 0.692. The second-order valence-corrected chi connectivity index (χ2v) is 7.20. The molecule has 1 aliphatic rings. The Balaban J connectivity index is 2.02. The second-order valence-electron chi connectivity index (χ2n) is 5.19. The fourth-order valence-electron chi connectivity index (χ4n) is 2.26. The summed E-state index contributed by atoms with van der Waals surface area (Å²) < 4.78 is 26.5. The van der Waals surface area contributed by atoms with Crippen LogP contribution in [0, 0.1) is 5.92 Å². The van der Waals surface area contributed by atoms with Gasteiger partial charge in [-0.1, -0.05) is 0 Å². The lowest BCUT2D eigenvalue weighted by atomic mass is 10.2. The zero-order valence-electron chi connectivity index (χ0n) is 10.8. The maximum Gasteiger partial charge on any atom is 0.244 e. The molecule has 1 fully saturated rings. The number of H-pyrrole nitrogens is 1. The van der Waals surface area contributed by atoms with Crippen molar-refractivity contribution in [2.75, 3.05) is 19.3 Å². The number of sulfonamides is 1. The molecular weight excluding hydrogens is 262 g/mol. The van der Waals surface area contributed by atoms with Crippen molar-refractivity contribution in [1.82, 2.24) is 9.29 Å². The van der Waals surface area contributed by atoms with Crippen LogP contribution in [0.1, 0.15) is 12.8 Å². The Morgan fingerprint density at radius 2 is 2.16 bits per heavy atom. The summed E-state index contributed by atoms with van der Waals surface area (Å²) in [7, 11) is -1.79. The van der Waals surface area contributed by atoms with Gasteiger partial charge in [0.05, 0.1) is 0 Å². The maximum atomic E-state index is 12.5. The van der Waals surface area contributed by atoms with E-state index >= 15 is 0 Å². The lowest BCUT2D eigenvalue weighted by molar-refractivity contribution is 0.453. The number of hydrogen-bond donors (Lipinski definition) is 2. The summed E-state index contributed by atoms with van der Waals surface area (Å²) in [4.78, 5) is 3.30. The van der Waals surface area contributed by atoms with E-state index in [0.717, 1.165) is 18.4 Å². The first-order valence-corrected chi connectivity index (χ1v) is 7.75. The third-order valence-electron chi connectivity index (χ3n) is 3.57. The number of nitrogen functional groups attached to an aromatic ring is 1. The van der Waals surface area contributed by atoms with Crippen LogP contribution < -0.4 is 5.73 Å². The SMILES string of the molecule is CN(CC1CC1)S(=O)(=O)c1c[nH]c2cc(N)ccc12. The van der Waals surface area contributed by atoms with Crippen LogP contribution in [0.4, 0.5) is 5.69 Å². The van der Waals surface area contributed by atoms with E-state index in [1.165, 1.54) is 4.31 Å². The minimum atomic E-state index is -3.43. The van der Waals surface area contributed by atoms with Crippen molar-refractivity contribution in [2.24, 2.45) is 5.92 Å². The van der Waals surface area contributed by atoms with E-state index in [1.54, 1.807) is 31.4 Å². The van der Waals surface area contributed by atoms with Crippen LogP contribution in [0.5, 0.6) is 0 Å². The average Bonchev–Trinajstić information content (AvgIpc) is 3.06. The number of nitrogens with two attached hydrogens (primary N) is 1. The Morgan fingerprint density at radius 1 is 1.42 bits per heavy atom. The summed E-state index contributed by atoms with van der Waals surface area (Å²) >= 11 is 0. The van der Waals surface area contributed by atoms with Gasteiger partial charge in [0.2, 0.25) is 10.0 Å². The van der Waals surface area contributed by atoms with Gasteiger partial charge in [-0.05, 0) is 37.0 Å². The highest BCUT2D eigenvalue weighted by atomic mass is 32.2. The molecule has 0 unspecified atom stereocenters. The molecule has 3 N–H and O–H groups in total. The van der Waals surface area contributed by atoms with Gasteiger partial charge in [0, 0.05) is 36.4 Å². The smallest absolute Gasteiger partial charge is 0.244 e. The highest BCUT2D eigenvalue weighted by molar-refractivity contribution is 7.89. The van der Waals surface area contributed by atoms with Crippen LogP contribution in [-0.2, 0) is 10.0 Å². The van der Waals surface area contributed by atoms with Gasteiger partial charge in [-0.25, -0.2) is 12.7 Å². The van der Waals surface area contributed by atoms with Crippen molar-refractivity contribution < 1.29 is 8.42 Å². The van der Waals surface area contributed by atoms with Gasteiger partial charge in [0.1, 0.15) is 4.90 Å². The third-order valence-corrected chi connectivity index (χ3v) is 5.43. The Hall–Kier alpha value is -1.53. The van der Waals surface area contributed by atoms with Crippen molar-refractivity contribution >= 4 is 26.6 Å². The van der Waals surface area contributed by atoms with E-state index in [1.807, 2.05) is 0 Å². The summed E-state index contributed by atoms with van der Waals surface area (Å²) in [5.74, 6) is 0.528. The zero-order valence-corrected chi connectivity index (χ0v) is 11.6. The van der Waals surface area contributed by atoms with Crippen LogP contribution in [0.3, 0.4) is 0 Å². The fraction of sp³-hybridized carbons (Fsp3) is 0.385. The summed E-state index contributed by atoms with van der Waals surface area (Å²) in [6.45, 7) is 0.601.